The normalized spacial score (nSPS) is 16.4. The zero-order valence-electron chi connectivity index (χ0n) is 23.3. The van der Waals surface area contributed by atoms with Crippen LogP contribution in [0.3, 0.4) is 0 Å². The molecule has 0 unspecified atom stereocenters. The van der Waals surface area contributed by atoms with E-state index < -0.39 is 0 Å². The average Bonchev–Trinajstić information content (AvgIpc) is 3.01. The van der Waals surface area contributed by atoms with E-state index in [1.165, 1.54) is 57.3 Å². The van der Waals surface area contributed by atoms with Crippen LogP contribution in [-0.2, 0) is 0 Å². The van der Waals surface area contributed by atoms with Crippen molar-refractivity contribution in [1.82, 2.24) is 9.80 Å². The molecule has 0 bridgehead atoms. The van der Waals surface area contributed by atoms with Gasteiger partial charge in [-0.3, -0.25) is 4.99 Å². The molecule has 0 aromatic rings. The summed E-state index contributed by atoms with van der Waals surface area (Å²) in [5.74, 6) is 1.23. The van der Waals surface area contributed by atoms with E-state index in [-0.39, 0.29) is 0 Å². The van der Waals surface area contributed by atoms with Crippen molar-refractivity contribution in [2.24, 2.45) is 26.7 Å². The van der Waals surface area contributed by atoms with Gasteiger partial charge in [-0.25, -0.2) is 0 Å². The summed E-state index contributed by atoms with van der Waals surface area (Å²) in [5.41, 5.74) is 1.73. The van der Waals surface area contributed by atoms with Gasteiger partial charge in [-0.05, 0) is 60.2 Å². The molecular weight excluding hydrogens is 378 g/mol. The van der Waals surface area contributed by atoms with E-state index in [1.54, 1.807) is 0 Å². The zero-order valence-corrected chi connectivity index (χ0v) is 23.3. The molecule has 0 radical (unpaired) electrons. The fourth-order valence-corrected chi connectivity index (χ4v) is 5.86. The minimum absolute atomic E-state index is 0.417. The second-order valence-electron chi connectivity index (χ2n) is 13.4. The summed E-state index contributed by atoms with van der Waals surface area (Å²) in [5, 5.41) is 0. The van der Waals surface area contributed by atoms with Crippen molar-refractivity contribution in [2.75, 3.05) is 33.2 Å². The lowest BCUT2D eigenvalue weighted by Crippen LogP contribution is -2.35. The van der Waals surface area contributed by atoms with E-state index in [2.05, 4.69) is 79.0 Å². The molecule has 0 atom stereocenters. The van der Waals surface area contributed by atoms with E-state index in [0.717, 1.165) is 26.2 Å². The van der Waals surface area contributed by atoms with Gasteiger partial charge in [-0.1, -0.05) is 82.1 Å². The van der Waals surface area contributed by atoms with Crippen LogP contribution >= 0.6 is 0 Å². The topological polar surface area (TPSA) is 18.8 Å². The highest BCUT2D eigenvalue weighted by molar-refractivity contribution is 5.81. The standard InChI is InChI=1S/C28H57N3/c1-12-25(3,4)22-27(7,8)16-14-18-30-20-21-31(24(30)29-11)19-15-17-28(9,10)23-26(5,6)13-2/h12-23H2,1-11H3. The predicted molar refractivity (Wildman–Crippen MR) is 140 cm³/mol. The van der Waals surface area contributed by atoms with Crippen molar-refractivity contribution in [3.63, 3.8) is 0 Å². The summed E-state index contributed by atoms with van der Waals surface area (Å²) in [6.45, 7) is 28.7. The SMILES string of the molecule is CCC(C)(C)CC(C)(C)CCCN1CCN(CCCC(C)(C)CC(C)(C)CC)C1=NC. The first-order valence-corrected chi connectivity index (χ1v) is 13.1. The zero-order chi connectivity index (χ0) is 23.9. The van der Waals surface area contributed by atoms with Crippen molar-refractivity contribution in [3.05, 3.63) is 0 Å². The summed E-state index contributed by atoms with van der Waals surface area (Å²) >= 11 is 0. The molecule has 0 aromatic heterocycles. The van der Waals surface area contributed by atoms with Gasteiger partial charge in [0.1, 0.15) is 0 Å². The summed E-state index contributed by atoms with van der Waals surface area (Å²) in [7, 11) is 1.97. The van der Waals surface area contributed by atoms with Gasteiger partial charge in [-0.2, -0.15) is 0 Å². The Hall–Kier alpha value is -0.730. The van der Waals surface area contributed by atoms with Crippen LogP contribution in [0, 0.1) is 21.7 Å². The maximum Gasteiger partial charge on any atom is 0.196 e. The molecule has 0 amide bonds. The molecule has 3 nitrogen and oxygen atoms in total. The molecule has 0 aliphatic carbocycles. The van der Waals surface area contributed by atoms with E-state index in [4.69, 9.17) is 4.99 Å². The van der Waals surface area contributed by atoms with Gasteiger partial charge < -0.3 is 9.80 Å². The van der Waals surface area contributed by atoms with E-state index in [9.17, 15) is 0 Å². The Labute approximate surface area is 196 Å². The lowest BCUT2D eigenvalue weighted by molar-refractivity contribution is 0.171. The quantitative estimate of drug-likeness (QED) is 0.276. The molecule has 1 aliphatic rings. The van der Waals surface area contributed by atoms with Gasteiger partial charge in [-0.15, -0.1) is 0 Å². The molecule has 0 saturated carbocycles. The first-order valence-electron chi connectivity index (χ1n) is 13.1. The van der Waals surface area contributed by atoms with Crippen LogP contribution in [0.5, 0.6) is 0 Å². The second kappa shape index (κ2) is 11.4. The molecule has 1 aliphatic heterocycles. The Morgan fingerprint density at radius 1 is 0.645 bits per heavy atom. The third-order valence-corrected chi connectivity index (χ3v) is 7.80. The predicted octanol–water partition coefficient (Wildman–Crippen LogP) is 7.86. The first-order chi connectivity index (χ1) is 14.2. The Balaban J connectivity index is 2.48. The van der Waals surface area contributed by atoms with Gasteiger partial charge >= 0.3 is 0 Å². The first kappa shape index (κ1) is 28.3. The van der Waals surface area contributed by atoms with E-state index in [0.29, 0.717) is 21.7 Å². The highest BCUT2D eigenvalue weighted by Crippen LogP contribution is 2.40. The van der Waals surface area contributed by atoms with E-state index in [1.807, 2.05) is 7.05 Å². The molecule has 3 heteroatoms. The van der Waals surface area contributed by atoms with Crippen LogP contribution in [0.2, 0.25) is 0 Å². The Bertz CT molecular complexity index is 511. The maximum atomic E-state index is 4.69. The Kier molecular flexibility index (Phi) is 10.4. The molecule has 0 aromatic carbocycles. The monoisotopic (exact) mass is 435 g/mol. The Morgan fingerprint density at radius 3 is 1.29 bits per heavy atom. The summed E-state index contributed by atoms with van der Waals surface area (Å²) in [6.07, 6.45) is 10.3. The minimum atomic E-state index is 0.417. The van der Waals surface area contributed by atoms with Crippen molar-refractivity contribution >= 4 is 5.96 Å². The van der Waals surface area contributed by atoms with Crippen molar-refractivity contribution in [2.45, 2.75) is 121 Å². The highest BCUT2D eigenvalue weighted by Gasteiger charge is 2.30. The molecule has 1 heterocycles. The highest BCUT2D eigenvalue weighted by atomic mass is 15.4. The summed E-state index contributed by atoms with van der Waals surface area (Å²) in [6, 6.07) is 0. The van der Waals surface area contributed by atoms with Gasteiger partial charge in [0.15, 0.2) is 5.96 Å². The Morgan fingerprint density at radius 2 is 1.00 bits per heavy atom. The van der Waals surface area contributed by atoms with Crippen LogP contribution in [0.1, 0.15) is 121 Å². The largest absolute Gasteiger partial charge is 0.341 e. The van der Waals surface area contributed by atoms with E-state index >= 15 is 0 Å². The van der Waals surface area contributed by atoms with Crippen molar-refractivity contribution < 1.29 is 0 Å². The van der Waals surface area contributed by atoms with Gasteiger partial charge in [0.05, 0.1) is 0 Å². The smallest absolute Gasteiger partial charge is 0.196 e. The number of aliphatic imine (C=N–C) groups is 1. The van der Waals surface area contributed by atoms with Crippen LogP contribution < -0.4 is 0 Å². The molecule has 31 heavy (non-hydrogen) atoms. The van der Waals surface area contributed by atoms with Crippen LogP contribution in [0.15, 0.2) is 4.99 Å². The number of hydrogen-bond acceptors (Lipinski definition) is 1. The molecule has 0 N–H and O–H groups in total. The van der Waals surface area contributed by atoms with Crippen molar-refractivity contribution in [1.29, 1.82) is 0 Å². The van der Waals surface area contributed by atoms with Crippen LogP contribution in [-0.4, -0.2) is 49.0 Å². The molecule has 1 rings (SSSR count). The maximum absolute atomic E-state index is 4.69. The van der Waals surface area contributed by atoms with Crippen LogP contribution in [0.25, 0.3) is 0 Å². The summed E-state index contributed by atoms with van der Waals surface area (Å²) in [4.78, 5) is 9.76. The lowest BCUT2D eigenvalue weighted by Gasteiger charge is -2.35. The second-order valence-corrected chi connectivity index (χ2v) is 13.4. The molecule has 1 fully saturated rings. The number of nitrogens with zero attached hydrogens (tertiary/aromatic N) is 3. The third-order valence-electron chi connectivity index (χ3n) is 7.80. The van der Waals surface area contributed by atoms with Gasteiger partial charge in [0.25, 0.3) is 0 Å². The molecule has 0 spiro atoms. The third kappa shape index (κ3) is 10.2. The molecular formula is C28H57N3. The lowest BCUT2D eigenvalue weighted by atomic mass is 9.72. The van der Waals surface area contributed by atoms with Crippen molar-refractivity contribution in [3.8, 4) is 0 Å². The average molecular weight is 436 g/mol. The summed E-state index contributed by atoms with van der Waals surface area (Å²) < 4.78 is 0. The minimum Gasteiger partial charge on any atom is -0.341 e. The van der Waals surface area contributed by atoms with Crippen LogP contribution in [0.4, 0.5) is 0 Å². The van der Waals surface area contributed by atoms with Gasteiger partial charge in [0, 0.05) is 33.2 Å². The number of rotatable bonds is 14. The number of guanidine groups is 1. The van der Waals surface area contributed by atoms with Gasteiger partial charge in [0.2, 0.25) is 0 Å². The number of hydrogen-bond donors (Lipinski definition) is 0. The molecule has 184 valence electrons. The fourth-order valence-electron chi connectivity index (χ4n) is 5.86. The molecule has 1 saturated heterocycles. The fraction of sp³-hybridized carbons (Fsp3) is 0.964.